The lowest BCUT2D eigenvalue weighted by Crippen LogP contribution is -2.39. The molecule has 0 radical (unpaired) electrons. The molecule has 0 bridgehead atoms. The standard InChI is InChI=1S/C13H26ClNO/c1-10(2)12(6-8-14)15-9-11-5-7-13(3,4)16-11/h10-12,15H,5-9H2,1-4H3. The molecule has 1 aliphatic rings. The summed E-state index contributed by atoms with van der Waals surface area (Å²) in [6, 6.07) is 0.518. The third-order valence-corrected chi connectivity index (χ3v) is 3.60. The molecule has 2 unspecified atom stereocenters. The first kappa shape index (κ1) is 14.3. The average molecular weight is 248 g/mol. The highest BCUT2D eigenvalue weighted by atomic mass is 35.5. The lowest BCUT2D eigenvalue weighted by Gasteiger charge is -2.25. The van der Waals surface area contributed by atoms with E-state index in [9.17, 15) is 0 Å². The Labute approximate surface area is 105 Å². The van der Waals surface area contributed by atoms with Crippen molar-refractivity contribution < 1.29 is 4.74 Å². The van der Waals surface area contributed by atoms with Crippen LogP contribution in [0.4, 0.5) is 0 Å². The number of ether oxygens (including phenoxy) is 1. The van der Waals surface area contributed by atoms with Crippen molar-refractivity contribution in [3.63, 3.8) is 0 Å². The van der Waals surface area contributed by atoms with Gasteiger partial charge in [0.1, 0.15) is 0 Å². The fourth-order valence-corrected chi connectivity index (χ4v) is 2.53. The van der Waals surface area contributed by atoms with E-state index in [0.717, 1.165) is 18.8 Å². The zero-order chi connectivity index (χ0) is 12.2. The molecule has 2 nitrogen and oxygen atoms in total. The molecule has 1 fully saturated rings. The smallest absolute Gasteiger partial charge is 0.0707 e. The minimum Gasteiger partial charge on any atom is -0.371 e. The second-order valence-electron chi connectivity index (χ2n) is 5.77. The Kier molecular flexibility index (Phi) is 5.55. The van der Waals surface area contributed by atoms with Gasteiger partial charge in [0.05, 0.1) is 11.7 Å². The number of rotatable bonds is 6. The maximum Gasteiger partial charge on any atom is 0.0707 e. The first-order chi connectivity index (χ1) is 7.44. The van der Waals surface area contributed by atoms with Gasteiger partial charge in [-0.1, -0.05) is 13.8 Å². The molecule has 1 saturated heterocycles. The van der Waals surface area contributed by atoms with Crippen molar-refractivity contribution in [2.45, 2.75) is 64.7 Å². The monoisotopic (exact) mass is 247 g/mol. The molecule has 0 saturated carbocycles. The summed E-state index contributed by atoms with van der Waals surface area (Å²) in [5.41, 5.74) is 0.0756. The summed E-state index contributed by atoms with van der Waals surface area (Å²) in [5, 5.41) is 3.59. The molecule has 1 aliphatic heterocycles. The van der Waals surface area contributed by atoms with Crippen LogP contribution in [-0.4, -0.2) is 30.2 Å². The lowest BCUT2D eigenvalue weighted by atomic mass is 10.0. The Balaban J connectivity index is 2.27. The van der Waals surface area contributed by atoms with Gasteiger partial charge < -0.3 is 10.1 Å². The van der Waals surface area contributed by atoms with Crippen molar-refractivity contribution in [3.05, 3.63) is 0 Å². The van der Waals surface area contributed by atoms with Crippen LogP contribution in [0, 0.1) is 5.92 Å². The van der Waals surface area contributed by atoms with Crippen LogP contribution in [0.25, 0.3) is 0 Å². The minimum atomic E-state index is 0.0756. The largest absolute Gasteiger partial charge is 0.371 e. The summed E-state index contributed by atoms with van der Waals surface area (Å²) in [6.07, 6.45) is 3.76. The van der Waals surface area contributed by atoms with Crippen LogP contribution in [0.5, 0.6) is 0 Å². The minimum absolute atomic E-state index is 0.0756. The Morgan fingerprint density at radius 1 is 1.44 bits per heavy atom. The molecule has 0 aromatic heterocycles. The second-order valence-corrected chi connectivity index (χ2v) is 6.15. The van der Waals surface area contributed by atoms with E-state index in [1.165, 1.54) is 12.8 Å². The van der Waals surface area contributed by atoms with Gasteiger partial charge in [0.2, 0.25) is 0 Å². The number of hydrogen-bond acceptors (Lipinski definition) is 2. The van der Waals surface area contributed by atoms with Crippen LogP contribution in [0.3, 0.4) is 0 Å². The van der Waals surface area contributed by atoms with E-state index in [1.807, 2.05) is 0 Å². The fraction of sp³-hybridized carbons (Fsp3) is 1.00. The van der Waals surface area contributed by atoms with E-state index in [2.05, 4.69) is 33.0 Å². The van der Waals surface area contributed by atoms with Crippen molar-refractivity contribution in [2.24, 2.45) is 5.92 Å². The molecule has 0 aliphatic carbocycles. The van der Waals surface area contributed by atoms with Crippen molar-refractivity contribution in [2.75, 3.05) is 12.4 Å². The van der Waals surface area contributed by atoms with Gasteiger partial charge in [0.15, 0.2) is 0 Å². The molecule has 96 valence electrons. The molecule has 16 heavy (non-hydrogen) atoms. The van der Waals surface area contributed by atoms with Crippen LogP contribution >= 0.6 is 11.6 Å². The maximum absolute atomic E-state index is 5.96. The van der Waals surface area contributed by atoms with Gasteiger partial charge in [-0.25, -0.2) is 0 Å². The Morgan fingerprint density at radius 2 is 2.12 bits per heavy atom. The quantitative estimate of drug-likeness (QED) is 0.728. The molecule has 2 atom stereocenters. The summed E-state index contributed by atoms with van der Waals surface area (Å²) in [6.45, 7) is 9.79. The van der Waals surface area contributed by atoms with Gasteiger partial charge in [0.25, 0.3) is 0 Å². The number of alkyl halides is 1. The SMILES string of the molecule is CC(C)C(CCCl)NCC1CCC(C)(C)O1. The van der Waals surface area contributed by atoms with Gasteiger partial charge in [-0.3, -0.25) is 0 Å². The van der Waals surface area contributed by atoms with E-state index in [4.69, 9.17) is 16.3 Å². The van der Waals surface area contributed by atoms with Crippen LogP contribution in [-0.2, 0) is 4.74 Å². The Bertz CT molecular complexity index is 206. The van der Waals surface area contributed by atoms with Crippen LogP contribution < -0.4 is 5.32 Å². The molecule has 1 N–H and O–H groups in total. The lowest BCUT2D eigenvalue weighted by molar-refractivity contribution is -0.0156. The Hall–Kier alpha value is 0.210. The van der Waals surface area contributed by atoms with E-state index in [-0.39, 0.29) is 5.60 Å². The fourth-order valence-electron chi connectivity index (χ4n) is 2.29. The number of nitrogens with one attached hydrogen (secondary N) is 1. The molecule has 1 rings (SSSR count). The predicted molar refractivity (Wildman–Crippen MR) is 70.2 cm³/mol. The zero-order valence-corrected chi connectivity index (χ0v) is 11.8. The van der Waals surface area contributed by atoms with Crippen LogP contribution in [0.1, 0.15) is 47.0 Å². The highest BCUT2D eigenvalue weighted by Gasteiger charge is 2.31. The van der Waals surface area contributed by atoms with Crippen LogP contribution in [0.2, 0.25) is 0 Å². The molecule has 0 spiro atoms. The predicted octanol–water partition coefficient (Wildman–Crippen LogP) is 3.19. The van der Waals surface area contributed by atoms with Crippen molar-refractivity contribution in [1.82, 2.24) is 5.32 Å². The third kappa shape index (κ3) is 4.60. The maximum atomic E-state index is 5.96. The van der Waals surface area contributed by atoms with Gasteiger partial charge >= 0.3 is 0 Å². The highest BCUT2D eigenvalue weighted by Crippen LogP contribution is 2.29. The summed E-state index contributed by atoms with van der Waals surface area (Å²) in [7, 11) is 0. The normalized spacial score (nSPS) is 26.2. The first-order valence-electron chi connectivity index (χ1n) is 6.42. The number of hydrogen-bond donors (Lipinski definition) is 1. The molecule has 0 amide bonds. The molecule has 1 heterocycles. The number of halogens is 1. The first-order valence-corrected chi connectivity index (χ1v) is 6.95. The van der Waals surface area contributed by atoms with Gasteiger partial charge in [-0.05, 0) is 39.0 Å². The van der Waals surface area contributed by atoms with Gasteiger partial charge in [0, 0.05) is 18.5 Å². The topological polar surface area (TPSA) is 21.3 Å². The van der Waals surface area contributed by atoms with Crippen molar-refractivity contribution in [3.8, 4) is 0 Å². The molecule has 0 aromatic rings. The second kappa shape index (κ2) is 6.23. The summed E-state index contributed by atoms with van der Waals surface area (Å²) in [4.78, 5) is 0. The van der Waals surface area contributed by atoms with E-state index in [1.54, 1.807) is 0 Å². The summed E-state index contributed by atoms with van der Waals surface area (Å²) in [5.74, 6) is 1.36. The van der Waals surface area contributed by atoms with Gasteiger partial charge in [-0.2, -0.15) is 0 Å². The highest BCUT2D eigenvalue weighted by molar-refractivity contribution is 6.17. The van der Waals surface area contributed by atoms with E-state index in [0.29, 0.717) is 18.1 Å². The summed E-state index contributed by atoms with van der Waals surface area (Å²) >= 11 is 5.81. The molecule has 3 heteroatoms. The Morgan fingerprint density at radius 3 is 2.56 bits per heavy atom. The van der Waals surface area contributed by atoms with Crippen molar-refractivity contribution in [1.29, 1.82) is 0 Å². The molecule has 0 aromatic carbocycles. The van der Waals surface area contributed by atoms with E-state index < -0.39 is 0 Å². The third-order valence-electron chi connectivity index (χ3n) is 3.39. The van der Waals surface area contributed by atoms with E-state index >= 15 is 0 Å². The average Bonchev–Trinajstić information content (AvgIpc) is 2.52. The van der Waals surface area contributed by atoms with Crippen LogP contribution in [0.15, 0.2) is 0 Å². The molecular weight excluding hydrogens is 222 g/mol. The van der Waals surface area contributed by atoms with Gasteiger partial charge in [-0.15, -0.1) is 11.6 Å². The van der Waals surface area contributed by atoms with Crippen molar-refractivity contribution >= 4 is 11.6 Å². The molecular formula is C13H26ClNO. The summed E-state index contributed by atoms with van der Waals surface area (Å²) < 4.78 is 5.96. The zero-order valence-electron chi connectivity index (χ0n) is 11.1.